The van der Waals surface area contributed by atoms with E-state index >= 15 is 0 Å². The molecule has 0 spiro atoms. The first-order valence-corrected chi connectivity index (χ1v) is 8.39. The zero-order valence-electron chi connectivity index (χ0n) is 12.9. The van der Waals surface area contributed by atoms with Crippen LogP contribution >= 0.6 is 0 Å². The van der Waals surface area contributed by atoms with E-state index in [0.717, 1.165) is 38.9 Å². The maximum atomic E-state index is 12.7. The summed E-state index contributed by atoms with van der Waals surface area (Å²) in [5.41, 5.74) is 0. The lowest BCUT2D eigenvalue weighted by Crippen LogP contribution is -2.53. The molecule has 0 aromatic carbocycles. The summed E-state index contributed by atoms with van der Waals surface area (Å²) in [5.74, 6) is 0.303. The molecule has 1 atom stereocenters. The summed E-state index contributed by atoms with van der Waals surface area (Å²) in [7, 11) is 0. The van der Waals surface area contributed by atoms with Crippen molar-refractivity contribution in [3.05, 3.63) is 0 Å². The third-order valence-corrected chi connectivity index (χ3v) is 4.89. The second-order valence-electron chi connectivity index (χ2n) is 6.32. The minimum absolute atomic E-state index is 0.0232. The van der Waals surface area contributed by atoms with Crippen LogP contribution in [0.1, 0.15) is 58.3 Å². The largest absolute Gasteiger partial charge is 0.396 e. The Bertz CT molecular complexity index is 297. The molecule has 1 aliphatic heterocycles. The predicted molar refractivity (Wildman–Crippen MR) is 80.6 cm³/mol. The molecule has 1 unspecified atom stereocenters. The van der Waals surface area contributed by atoms with Gasteiger partial charge in [0.05, 0.1) is 6.04 Å². The average molecular weight is 282 g/mol. The monoisotopic (exact) mass is 282 g/mol. The lowest BCUT2D eigenvalue weighted by molar-refractivity contribution is -0.138. The fraction of sp³-hybridized carbons (Fsp3) is 0.938. The van der Waals surface area contributed by atoms with Gasteiger partial charge in [0.15, 0.2) is 0 Å². The Morgan fingerprint density at radius 3 is 2.35 bits per heavy atom. The first kappa shape index (κ1) is 15.8. The Morgan fingerprint density at radius 2 is 1.85 bits per heavy atom. The lowest BCUT2D eigenvalue weighted by atomic mass is 9.90. The third kappa shape index (κ3) is 3.95. The Labute approximate surface area is 123 Å². The van der Waals surface area contributed by atoms with E-state index in [1.807, 2.05) is 0 Å². The van der Waals surface area contributed by atoms with E-state index in [2.05, 4.69) is 16.7 Å². The minimum atomic E-state index is -0.0232. The normalized spacial score (nSPS) is 22.4. The number of carbonyl (C=O) groups is 1. The molecule has 1 saturated carbocycles. The van der Waals surface area contributed by atoms with Gasteiger partial charge in [0.1, 0.15) is 0 Å². The van der Waals surface area contributed by atoms with Crippen molar-refractivity contribution in [2.45, 2.75) is 70.4 Å². The summed E-state index contributed by atoms with van der Waals surface area (Å²) < 4.78 is 0. The molecule has 1 N–H and O–H groups in total. The maximum Gasteiger partial charge on any atom is 0.239 e. The summed E-state index contributed by atoms with van der Waals surface area (Å²) in [6, 6.07) is 0.539. The van der Waals surface area contributed by atoms with Gasteiger partial charge in [-0.05, 0) is 39.0 Å². The van der Waals surface area contributed by atoms with Crippen LogP contribution in [-0.2, 0) is 4.79 Å². The van der Waals surface area contributed by atoms with Crippen LogP contribution in [0.4, 0.5) is 0 Å². The summed E-state index contributed by atoms with van der Waals surface area (Å²) >= 11 is 0. The zero-order valence-corrected chi connectivity index (χ0v) is 12.9. The lowest BCUT2D eigenvalue weighted by Gasteiger charge is -2.42. The van der Waals surface area contributed by atoms with Crippen molar-refractivity contribution in [3.63, 3.8) is 0 Å². The van der Waals surface area contributed by atoms with Gasteiger partial charge in [-0.3, -0.25) is 9.69 Å². The maximum absolute atomic E-state index is 12.7. The summed E-state index contributed by atoms with van der Waals surface area (Å²) in [6.07, 6.45) is 9.30. The summed E-state index contributed by atoms with van der Waals surface area (Å²) in [6.45, 7) is 4.99. The van der Waals surface area contributed by atoms with E-state index in [4.69, 9.17) is 5.11 Å². The van der Waals surface area contributed by atoms with Gasteiger partial charge in [-0.1, -0.05) is 19.3 Å². The fourth-order valence-electron chi connectivity index (χ4n) is 3.36. The van der Waals surface area contributed by atoms with Gasteiger partial charge in [-0.25, -0.2) is 0 Å². The number of rotatable bonds is 6. The van der Waals surface area contributed by atoms with E-state index in [-0.39, 0.29) is 12.6 Å². The Kier molecular flexibility index (Phi) is 6.30. The Morgan fingerprint density at radius 1 is 1.20 bits per heavy atom. The van der Waals surface area contributed by atoms with Crippen LogP contribution in [0, 0.1) is 0 Å². The third-order valence-electron chi connectivity index (χ3n) is 4.89. The van der Waals surface area contributed by atoms with Gasteiger partial charge in [0, 0.05) is 32.3 Å². The first-order chi connectivity index (χ1) is 9.74. The number of amides is 1. The molecule has 1 heterocycles. The number of carbonyl (C=O) groups excluding carboxylic acids is 1. The average Bonchev–Trinajstić information content (AvgIpc) is 2.68. The Hall–Kier alpha value is -0.610. The van der Waals surface area contributed by atoms with Gasteiger partial charge in [0.25, 0.3) is 0 Å². The molecule has 2 rings (SSSR count). The van der Waals surface area contributed by atoms with Crippen LogP contribution in [0.2, 0.25) is 0 Å². The summed E-state index contributed by atoms with van der Waals surface area (Å²) in [5, 5.41) is 9.07. The SMILES string of the molecule is CC(C(=O)N1CCCCCC1)N(CCCO)C1CCC1. The van der Waals surface area contributed by atoms with E-state index in [1.54, 1.807) is 0 Å². The number of hydrogen-bond donors (Lipinski definition) is 1. The molecule has 1 saturated heterocycles. The molecule has 0 radical (unpaired) electrons. The number of nitrogens with zero attached hydrogens (tertiary/aromatic N) is 2. The molecule has 4 nitrogen and oxygen atoms in total. The molecule has 1 aliphatic carbocycles. The predicted octanol–water partition coefficient (Wildman–Crippen LogP) is 2.01. The Balaban J connectivity index is 1.93. The van der Waals surface area contributed by atoms with Crippen LogP contribution in [0.5, 0.6) is 0 Å². The van der Waals surface area contributed by atoms with Crippen LogP contribution in [-0.4, -0.2) is 59.1 Å². The molecule has 0 aromatic rings. The van der Waals surface area contributed by atoms with Crippen molar-refractivity contribution in [2.24, 2.45) is 0 Å². The van der Waals surface area contributed by atoms with Gasteiger partial charge < -0.3 is 10.0 Å². The summed E-state index contributed by atoms with van der Waals surface area (Å²) in [4.78, 5) is 17.1. The van der Waals surface area contributed by atoms with E-state index < -0.39 is 0 Å². The van der Waals surface area contributed by atoms with Crippen molar-refractivity contribution in [2.75, 3.05) is 26.2 Å². The van der Waals surface area contributed by atoms with Crippen LogP contribution in [0.25, 0.3) is 0 Å². The van der Waals surface area contributed by atoms with E-state index in [0.29, 0.717) is 11.9 Å². The van der Waals surface area contributed by atoms with Gasteiger partial charge in [-0.15, -0.1) is 0 Å². The smallest absolute Gasteiger partial charge is 0.239 e. The molecule has 116 valence electrons. The molecule has 2 fully saturated rings. The van der Waals surface area contributed by atoms with Crippen molar-refractivity contribution in [1.82, 2.24) is 9.80 Å². The minimum Gasteiger partial charge on any atom is -0.396 e. The molecular weight excluding hydrogens is 252 g/mol. The quantitative estimate of drug-likeness (QED) is 0.810. The van der Waals surface area contributed by atoms with Crippen molar-refractivity contribution in [3.8, 4) is 0 Å². The van der Waals surface area contributed by atoms with Crippen molar-refractivity contribution in [1.29, 1.82) is 0 Å². The van der Waals surface area contributed by atoms with Crippen molar-refractivity contribution < 1.29 is 9.90 Å². The zero-order chi connectivity index (χ0) is 14.4. The second-order valence-corrected chi connectivity index (χ2v) is 6.32. The van der Waals surface area contributed by atoms with Crippen LogP contribution < -0.4 is 0 Å². The van der Waals surface area contributed by atoms with E-state index in [1.165, 1.54) is 32.1 Å². The first-order valence-electron chi connectivity index (χ1n) is 8.39. The molecule has 2 aliphatic rings. The standard InChI is InChI=1S/C16H30N2O2/c1-14(16(20)17-10-4-2-3-5-11-17)18(12-7-13-19)15-8-6-9-15/h14-15,19H,2-13H2,1H3. The van der Waals surface area contributed by atoms with Crippen LogP contribution in [0.15, 0.2) is 0 Å². The highest BCUT2D eigenvalue weighted by atomic mass is 16.3. The molecule has 0 bridgehead atoms. The highest BCUT2D eigenvalue weighted by molar-refractivity contribution is 5.81. The number of aliphatic hydroxyl groups excluding tert-OH is 1. The van der Waals surface area contributed by atoms with Crippen molar-refractivity contribution >= 4 is 5.91 Å². The molecule has 20 heavy (non-hydrogen) atoms. The molecule has 4 heteroatoms. The topological polar surface area (TPSA) is 43.8 Å². The van der Waals surface area contributed by atoms with Gasteiger partial charge in [-0.2, -0.15) is 0 Å². The molecular formula is C16H30N2O2. The number of aliphatic hydroxyl groups is 1. The van der Waals surface area contributed by atoms with E-state index in [9.17, 15) is 4.79 Å². The fourth-order valence-corrected chi connectivity index (χ4v) is 3.36. The number of likely N-dealkylation sites (tertiary alicyclic amines) is 1. The molecule has 1 amide bonds. The highest BCUT2D eigenvalue weighted by Crippen LogP contribution is 2.27. The van der Waals surface area contributed by atoms with Gasteiger partial charge >= 0.3 is 0 Å². The number of hydrogen-bond acceptors (Lipinski definition) is 3. The second kappa shape index (κ2) is 7.99. The molecule has 0 aromatic heterocycles. The highest BCUT2D eigenvalue weighted by Gasteiger charge is 2.33. The van der Waals surface area contributed by atoms with Gasteiger partial charge in [0.2, 0.25) is 5.91 Å². The van der Waals surface area contributed by atoms with Crippen LogP contribution in [0.3, 0.4) is 0 Å².